The van der Waals surface area contributed by atoms with Gasteiger partial charge in [0.25, 0.3) is 5.91 Å². The highest BCUT2D eigenvalue weighted by Crippen LogP contribution is 2.12. The summed E-state index contributed by atoms with van der Waals surface area (Å²) < 4.78 is 13.0. The number of amides is 1. The van der Waals surface area contributed by atoms with Crippen molar-refractivity contribution in [1.82, 2.24) is 14.9 Å². The molecule has 1 heterocycles. The number of nitrogens with one attached hydrogen (secondary N) is 1. The van der Waals surface area contributed by atoms with Crippen molar-refractivity contribution in [1.29, 1.82) is 0 Å². The molecule has 0 fully saturated rings. The Morgan fingerprint density at radius 3 is 2.48 bits per heavy atom. The van der Waals surface area contributed by atoms with Gasteiger partial charge in [-0.2, -0.15) is 0 Å². The molecule has 0 aliphatic rings. The van der Waals surface area contributed by atoms with E-state index in [9.17, 15) is 9.18 Å². The van der Waals surface area contributed by atoms with Gasteiger partial charge in [0, 0.05) is 25.7 Å². The molecule has 0 atom stereocenters. The highest BCUT2D eigenvalue weighted by atomic mass is 19.1. The van der Waals surface area contributed by atoms with Crippen LogP contribution in [0, 0.1) is 5.82 Å². The normalized spacial score (nSPS) is 10.4. The number of aromatic nitrogens is 2. The fourth-order valence-corrected chi connectivity index (χ4v) is 2.66. The molecule has 2 aromatic carbocycles. The second-order valence-corrected chi connectivity index (χ2v) is 6.07. The highest BCUT2D eigenvalue weighted by molar-refractivity contribution is 5.92. The zero-order valence-corrected chi connectivity index (χ0v) is 15.1. The fraction of sp³-hybridized carbons (Fsp3) is 0.190. The first-order chi connectivity index (χ1) is 13.2. The summed E-state index contributed by atoms with van der Waals surface area (Å²) in [6, 6.07) is 17.7. The molecule has 0 bridgehead atoms. The van der Waals surface area contributed by atoms with Gasteiger partial charge in [0.15, 0.2) is 0 Å². The molecule has 0 spiro atoms. The maximum atomic E-state index is 13.0. The van der Waals surface area contributed by atoms with Crippen molar-refractivity contribution in [2.24, 2.45) is 0 Å². The molecule has 0 aliphatic heterocycles. The molecule has 0 saturated carbocycles. The lowest BCUT2D eigenvalue weighted by molar-refractivity contribution is 0.0746. The topological polar surface area (TPSA) is 58.1 Å². The summed E-state index contributed by atoms with van der Waals surface area (Å²) in [7, 11) is 0. The van der Waals surface area contributed by atoms with E-state index in [1.807, 2.05) is 37.3 Å². The Balaban J connectivity index is 1.67. The molecule has 1 amide bonds. The summed E-state index contributed by atoms with van der Waals surface area (Å²) >= 11 is 0. The second-order valence-electron chi connectivity index (χ2n) is 6.07. The Bertz CT molecular complexity index is 884. The maximum absolute atomic E-state index is 13.0. The Morgan fingerprint density at radius 2 is 1.78 bits per heavy atom. The number of nitrogens with zero attached hydrogens (tertiary/aromatic N) is 3. The maximum Gasteiger partial charge on any atom is 0.272 e. The Morgan fingerprint density at radius 1 is 1.04 bits per heavy atom. The number of halogens is 1. The molecule has 27 heavy (non-hydrogen) atoms. The quantitative estimate of drug-likeness (QED) is 0.691. The van der Waals surface area contributed by atoms with E-state index in [1.165, 1.54) is 18.5 Å². The average Bonchev–Trinajstić information content (AvgIpc) is 2.72. The van der Waals surface area contributed by atoms with Crippen LogP contribution in [0.15, 0.2) is 67.0 Å². The van der Waals surface area contributed by atoms with Crippen molar-refractivity contribution in [2.75, 3.05) is 11.9 Å². The largest absolute Gasteiger partial charge is 0.366 e. The molecule has 0 aliphatic carbocycles. The van der Waals surface area contributed by atoms with E-state index in [2.05, 4.69) is 15.3 Å². The molecule has 1 N–H and O–H groups in total. The lowest BCUT2D eigenvalue weighted by Gasteiger charge is -2.20. The van der Waals surface area contributed by atoms with Crippen molar-refractivity contribution in [3.8, 4) is 0 Å². The predicted molar refractivity (Wildman–Crippen MR) is 103 cm³/mol. The average molecular weight is 364 g/mol. The van der Waals surface area contributed by atoms with Crippen molar-refractivity contribution in [3.63, 3.8) is 0 Å². The van der Waals surface area contributed by atoms with Crippen molar-refractivity contribution >= 4 is 11.7 Å². The van der Waals surface area contributed by atoms with Gasteiger partial charge in [0.05, 0.1) is 0 Å². The Hall–Kier alpha value is -3.28. The van der Waals surface area contributed by atoms with E-state index >= 15 is 0 Å². The van der Waals surface area contributed by atoms with Crippen LogP contribution < -0.4 is 5.32 Å². The van der Waals surface area contributed by atoms with E-state index in [1.54, 1.807) is 23.1 Å². The molecule has 0 saturated heterocycles. The van der Waals surface area contributed by atoms with Gasteiger partial charge in [-0.25, -0.2) is 14.4 Å². The van der Waals surface area contributed by atoms with Crippen molar-refractivity contribution in [3.05, 3.63) is 89.6 Å². The Labute approximate surface area is 157 Å². The number of rotatable bonds is 7. The lowest BCUT2D eigenvalue weighted by Crippen LogP contribution is -2.31. The SMILES string of the molecule is CCN(Cc1ccccc1)C(=O)c1cc(NCc2ccc(F)cc2)ncn1. The van der Waals surface area contributed by atoms with E-state index in [0.29, 0.717) is 31.1 Å². The van der Waals surface area contributed by atoms with Crippen LogP contribution >= 0.6 is 0 Å². The van der Waals surface area contributed by atoms with Crippen LogP contribution in [0.5, 0.6) is 0 Å². The summed E-state index contributed by atoms with van der Waals surface area (Å²) in [4.78, 5) is 22.8. The van der Waals surface area contributed by atoms with Gasteiger partial charge in [0.2, 0.25) is 0 Å². The molecule has 6 heteroatoms. The standard InChI is InChI=1S/C21H21FN4O/c1-2-26(14-17-6-4-3-5-7-17)21(27)19-12-20(25-15-24-19)23-13-16-8-10-18(22)11-9-16/h3-12,15H,2,13-14H2,1H3,(H,23,24,25). The lowest BCUT2D eigenvalue weighted by atomic mass is 10.2. The van der Waals surface area contributed by atoms with Gasteiger partial charge >= 0.3 is 0 Å². The van der Waals surface area contributed by atoms with Crippen molar-refractivity contribution < 1.29 is 9.18 Å². The number of carbonyl (C=O) groups excluding carboxylic acids is 1. The van der Waals surface area contributed by atoms with E-state index in [-0.39, 0.29) is 11.7 Å². The third kappa shape index (κ3) is 5.10. The summed E-state index contributed by atoms with van der Waals surface area (Å²) in [5, 5.41) is 3.14. The molecule has 1 aromatic heterocycles. The van der Waals surface area contributed by atoms with Gasteiger partial charge in [-0.3, -0.25) is 4.79 Å². The second kappa shape index (κ2) is 8.89. The molecule has 5 nitrogen and oxygen atoms in total. The van der Waals surface area contributed by atoms with Crippen LogP contribution in [0.1, 0.15) is 28.5 Å². The van der Waals surface area contributed by atoms with Crippen molar-refractivity contribution in [2.45, 2.75) is 20.0 Å². The van der Waals surface area contributed by atoms with Gasteiger partial charge in [0.1, 0.15) is 23.7 Å². The van der Waals surface area contributed by atoms with Crippen LogP contribution in [0.25, 0.3) is 0 Å². The first-order valence-corrected chi connectivity index (χ1v) is 8.79. The zero-order chi connectivity index (χ0) is 19.1. The predicted octanol–water partition coefficient (Wildman–Crippen LogP) is 3.89. The minimum absolute atomic E-state index is 0.145. The summed E-state index contributed by atoms with van der Waals surface area (Å²) in [5.41, 5.74) is 2.32. The molecule has 3 rings (SSSR count). The van der Waals surface area contributed by atoms with E-state index < -0.39 is 0 Å². The summed E-state index contributed by atoms with van der Waals surface area (Å²) in [6.45, 7) is 3.52. The number of benzene rings is 2. The van der Waals surface area contributed by atoms with Crippen LogP contribution in [0.4, 0.5) is 10.2 Å². The summed E-state index contributed by atoms with van der Waals surface area (Å²) in [5.74, 6) is 0.133. The van der Waals surface area contributed by atoms with E-state index in [4.69, 9.17) is 0 Å². The van der Waals surface area contributed by atoms with Gasteiger partial charge < -0.3 is 10.2 Å². The van der Waals surface area contributed by atoms with Crippen LogP contribution in [-0.2, 0) is 13.1 Å². The minimum atomic E-state index is -0.272. The number of hydrogen-bond donors (Lipinski definition) is 1. The molecule has 3 aromatic rings. The van der Waals surface area contributed by atoms with Crippen LogP contribution in [0.2, 0.25) is 0 Å². The minimum Gasteiger partial charge on any atom is -0.366 e. The van der Waals surface area contributed by atoms with Crippen LogP contribution in [-0.4, -0.2) is 27.3 Å². The third-order valence-electron chi connectivity index (χ3n) is 4.16. The zero-order valence-electron chi connectivity index (χ0n) is 15.1. The monoisotopic (exact) mass is 364 g/mol. The fourth-order valence-electron chi connectivity index (χ4n) is 2.66. The number of hydrogen-bond acceptors (Lipinski definition) is 4. The molecule has 0 radical (unpaired) electrons. The number of carbonyl (C=O) groups is 1. The molecule has 138 valence electrons. The van der Waals surface area contributed by atoms with Gasteiger partial charge in [-0.05, 0) is 30.2 Å². The van der Waals surface area contributed by atoms with Gasteiger partial charge in [-0.15, -0.1) is 0 Å². The van der Waals surface area contributed by atoms with Gasteiger partial charge in [-0.1, -0.05) is 42.5 Å². The Kier molecular flexibility index (Phi) is 6.10. The molecule has 0 unspecified atom stereocenters. The molecular weight excluding hydrogens is 343 g/mol. The highest BCUT2D eigenvalue weighted by Gasteiger charge is 2.16. The summed E-state index contributed by atoms with van der Waals surface area (Å²) in [6.07, 6.45) is 1.37. The third-order valence-corrected chi connectivity index (χ3v) is 4.16. The number of anilines is 1. The molecular formula is C21H21FN4O. The smallest absolute Gasteiger partial charge is 0.272 e. The van der Waals surface area contributed by atoms with Crippen LogP contribution in [0.3, 0.4) is 0 Å². The first kappa shape index (κ1) is 18.5. The van der Waals surface area contributed by atoms with E-state index in [0.717, 1.165) is 11.1 Å². The first-order valence-electron chi connectivity index (χ1n) is 8.79.